The molecule has 1 aliphatic carbocycles. The summed E-state index contributed by atoms with van der Waals surface area (Å²) < 4.78 is 11.6. The zero-order valence-corrected chi connectivity index (χ0v) is 11.3. The molecule has 3 fully saturated rings. The molecule has 19 heavy (non-hydrogen) atoms. The lowest BCUT2D eigenvalue weighted by atomic mass is 9.76. The first kappa shape index (κ1) is 13.0. The van der Waals surface area contributed by atoms with E-state index in [0.29, 0.717) is 6.42 Å². The molecule has 0 N–H and O–H groups in total. The van der Waals surface area contributed by atoms with E-state index in [4.69, 9.17) is 9.47 Å². The van der Waals surface area contributed by atoms with Gasteiger partial charge in [0.15, 0.2) is 11.8 Å². The molecule has 2 aliphatic heterocycles. The second-order valence-electron chi connectivity index (χ2n) is 5.91. The van der Waals surface area contributed by atoms with Gasteiger partial charge in [0.1, 0.15) is 0 Å². The molecule has 2 heterocycles. The van der Waals surface area contributed by atoms with E-state index in [0.717, 1.165) is 45.3 Å². The smallest absolute Gasteiger partial charge is 0.251 e. The van der Waals surface area contributed by atoms with Crippen LogP contribution in [-0.2, 0) is 14.3 Å². The normalized spacial score (nSPS) is 33.0. The maximum Gasteiger partial charge on any atom is 0.251 e. The average Bonchev–Trinajstić information content (AvgIpc) is 2.69. The Balaban J connectivity index is 1.72. The number of rotatable bonds is 1. The van der Waals surface area contributed by atoms with E-state index in [-0.39, 0.29) is 11.4 Å². The van der Waals surface area contributed by atoms with Crippen molar-refractivity contribution < 1.29 is 14.3 Å². The second kappa shape index (κ2) is 4.52. The van der Waals surface area contributed by atoms with Gasteiger partial charge in [0, 0.05) is 31.8 Å². The minimum absolute atomic E-state index is 0.142. The maximum absolute atomic E-state index is 11.9. The van der Waals surface area contributed by atoms with E-state index in [2.05, 4.69) is 5.18 Å². The van der Waals surface area contributed by atoms with Crippen LogP contribution in [0.5, 0.6) is 0 Å². The molecule has 6 heteroatoms. The summed E-state index contributed by atoms with van der Waals surface area (Å²) in [5.74, 6) is -0.587. The number of likely N-dealkylation sites (N-methyl/N-ethyl adjacent to an activating group) is 1. The monoisotopic (exact) mass is 268 g/mol. The maximum atomic E-state index is 11.9. The van der Waals surface area contributed by atoms with Crippen molar-refractivity contribution in [2.45, 2.75) is 55.9 Å². The lowest BCUT2D eigenvalue weighted by Crippen LogP contribution is -2.53. The fourth-order valence-corrected chi connectivity index (χ4v) is 3.67. The van der Waals surface area contributed by atoms with E-state index < -0.39 is 11.8 Å². The molecule has 106 valence electrons. The third-order valence-corrected chi connectivity index (χ3v) is 4.99. The Kier molecular flexibility index (Phi) is 3.09. The molecule has 0 bridgehead atoms. The summed E-state index contributed by atoms with van der Waals surface area (Å²) in [6, 6.07) is -0.702. The number of carbonyl (C=O) groups excluding carboxylic acids is 1. The molecule has 0 radical (unpaired) electrons. The standard InChI is InChI=1S/C13H20N2O4/c1-15-11(16)10(14-17)9-12(15)3-5-13(6-4-12)18-7-2-8-19-13/h10H,2-9H2,1H3. The van der Waals surface area contributed by atoms with Crippen LogP contribution in [-0.4, -0.2) is 48.4 Å². The zero-order chi connectivity index (χ0) is 13.5. The molecule has 2 spiro atoms. The molecular weight excluding hydrogens is 248 g/mol. The number of hydrogen-bond acceptors (Lipinski definition) is 5. The fraction of sp³-hybridized carbons (Fsp3) is 0.923. The molecule has 1 atom stereocenters. The third-order valence-electron chi connectivity index (χ3n) is 4.99. The molecule has 6 nitrogen and oxygen atoms in total. The minimum Gasteiger partial charge on any atom is -0.350 e. The van der Waals surface area contributed by atoms with Crippen LogP contribution < -0.4 is 0 Å². The number of nitrogens with zero attached hydrogens (tertiary/aromatic N) is 2. The van der Waals surface area contributed by atoms with Gasteiger partial charge in [-0.2, -0.15) is 0 Å². The van der Waals surface area contributed by atoms with E-state index in [1.807, 2.05) is 0 Å². The Morgan fingerprint density at radius 1 is 1.21 bits per heavy atom. The Morgan fingerprint density at radius 3 is 2.37 bits per heavy atom. The number of ether oxygens (including phenoxy) is 2. The first-order valence-electron chi connectivity index (χ1n) is 6.99. The summed E-state index contributed by atoms with van der Waals surface area (Å²) in [7, 11) is 1.79. The fourth-order valence-electron chi connectivity index (χ4n) is 3.67. The molecular formula is C13H20N2O4. The highest BCUT2D eigenvalue weighted by atomic mass is 16.7. The molecule has 1 saturated carbocycles. The Morgan fingerprint density at radius 2 is 1.84 bits per heavy atom. The van der Waals surface area contributed by atoms with Gasteiger partial charge in [-0.05, 0) is 19.3 Å². The summed E-state index contributed by atoms with van der Waals surface area (Å²) >= 11 is 0. The van der Waals surface area contributed by atoms with Crippen LogP contribution in [0, 0.1) is 4.91 Å². The van der Waals surface area contributed by atoms with E-state index in [9.17, 15) is 9.70 Å². The summed E-state index contributed by atoms with van der Waals surface area (Å²) in [6.45, 7) is 1.50. The van der Waals surface area contributed by atoms with Gasteiger partial charge in [-0.1, -0.05) is 5.18 Å². The van der Waals surface area contributed by atoms with Gasteiger partial charge >= 0.3 is 0 Å². The van der Waals surface area contributed by atoms with Crippen molar-refractivity contribution in [3.63, 3.8) is 0 Å². The van der Waals surface area contributed by atoms with Crippen LogP contribution in [0.25, 0.3) is 0 Å². The van der Waals surface area contributed by atoms with Crippen molar-refractivity contribution in [2.75, 3.05) is 20.3 Å². The second-order valence-corrected chi connectivity index (χ2v) is 5.91. The van der Waals surface area contributed by atoms with Crippen molar-refractivity contribution in [3.8, 4) is 0 Å². The quantitative estimate of drug-likeness (QED) is 0.675. The van der Waals surface area contributed by atoms with Crippen molar-refractivity contribution in [2.24, 2.45) is 5.18 Å². The minimum atomic E-state index is -0.702. The van der Waals surface area contributed by atoms with Crippen LogP contribution in [0.4, 0.5) is 0 Å². The van der Waals surface area contributed by atoms with Crippen molar-refractivity contribution in [1.29, 1.82) is 0 Å². The van der Waals surface area contributed by atoms with E-state index in [1.165, 1.54) is 0 Å². The highest BCUT2D eigenvalue weighted by molar-refractivity contribution is 5.85. The van der Waals surface area contributed by atoms with Gasteiger partial charge < -0.3 is 14.4 Å². The molecule has 0 aromatic heterocycles. The molecule has 1 amide bonds. The lowest BCUT2D eigenvalue weighted by Gasteiger charge is -2.48. The predicted octanol–water partition coefficient (Wildman–Crippen LogP) is 1.43. The molecule has 0 aromatic carbocycles. The predicted molar refractivity (Wildman–Crippen MR) is 67.4 cm³/mol. The van der Waals surface area contributed by atoms with Gasteiger partial charge in [0.05, 0.1) is 13.2 Å². The summed E-state index contributed by atoms with van der Waals surface area (Å²) in [6.07, 6.45) is 4.71. The average molecular weight is 268 g/mol. The first-order valence-corrected chi connectivity index (χ1v) is 6.99. The van der Waals surface area contributed by atoms with Crippen LogP contribution in [0.3, 0.4) is 0 Å². The third kappa shape index (κ3) is 1.97. The van der Waals surface area contributed by atoms with Gasteiger partial charge in [0.2, 0.25) is 0 Å². The number of carbonyl (C=O) groups is 1. The van der Waals surface area contributed by atoms with E-state index >= 15 is 0 Å². The number of amides is 1. The molecule has 0 aromatic rings. The van der Waals surface area contributed by atoms with Crippen molar-refractivity contribution in [1.82, 2.24) is 4.90 Å². The van der Waals surface area contributed by atoms with Crippen LogP contribution in [0.1, 0.15) is 38.5 Å². The zero-order valence-electron chi connectivity index (χ0n) is 11.3. The molecule has 1 unspecified atom stereocenters. The number of hydrogen-bond donors (Lipinski definition) is 0. The molecule has 3 rings (SSSR count). The summed E-state index contributed by atoms with van der Waals surface area (Å²) in [5, 5.41) is 2.97. The molecule has 2 saturated heterocycles. The number of nitroso groups, excluding NO2 is 1. The summed E-state index contributed by atoms with van der Waals surface area (Å²) in [5.41, 5.74) is -0.217. The number of likely N-dealkylation sites (tertiary alicyclic amines) is 1. The lowest BCUT2D eigenvalue weighted by molar-refractivity contribution is -0.286. The Labute approximate surface area is 112 Å². The topological polar surface area (TPSA) is 68.2 Å². The highest BCUT2D eigenvalue weighted by Crippen LogP contribution is 2.47. The van der Waals surface area contributed by atoms with E-state index in [1.54, 1.807) is 11.9 Å². The van der Waals surface area contributed by atoms with Gasteiger partial charge in [-0.15, -0.1) is 4.91 Å². The van der Waals surface area contributed by atoms with Crippen LogP contribution in [0.2, 0.25) is 0 Å². The van der Waals surface area contributed by atoms with Crippen LogP contribution >= 0.6 is 0 Å². The SMILES string of the molecule is CN1C(=O)C(N=O)CC12CCC1(CC2)OCCCO1. The molecule has 3 aliphatic rings. The Hall–Kier alpha value is -1.01. The summed E-state index contributed by atoms with van der Waals surface area (Å²) in [4.78, 5) is 24.4. The highest BCUT2D eigenvalue weighted by Gasteiger charge is 2.54. The van der Waals surface area contributed by atoms with Gasteiger partial charge in [-0.25, -0.2) is 0 Å². The van der Waals surface area contributed by atoms with Gasteiger partial charge in [0.25, 0.3) is 5.91 Å². The van der Waals surface area contributed by atoms with Crippen LogP contribution in [0.15, 0.2) is 5.18 Å². The van der Waals surface area contributed by atoms with Gasteiger partial charge in [-0.3, -0.25) is 4.79 Å². The first-order chi connectivity index (χ1) is 9.11. The van der Waals surface area contributed by atoms with Crippen molar-refractivity contribution in [3.05, 3.63) is 4.91 Å². The Bertz CT molecular complexity index is 382. The largest absolute Gasteiger partial charge is 0.350 e. The van der Waals surface area contributed by atoms with Crippen molar-refractivity contribution >= 4 is 5.91 Å².